The molecule has 0 radical (unpaired) electrons. The molecule has 0 saturated heterocycles. The minimum atomic E-state index is -1.88. The summed E-state index contributed by atoms with van der Waals surface area (Å²) in [6.07, 6.45) is 8.47. The molecule has 0 bridgehead atoms. The normalized spacial score (nSPS) is 49.8. The summed E-state index contributed by atoms with van der Waals surface area (Å²) < 4.78 is 16.8. The van der Waals surface area contributed by atoms with Crippen LogP contribution in [-0.2, 0) is 24.0 Å². The molecule has 292 valence electrons. The molecule has 0 heterocycles. The summed E-state index contributed by atoms with van der Waals surface area (Å²) in [6.45, 7) is 6.14. The average molecular weight is 741 g/mol. The monoisotopic (exact) mass is 740 g/mol. The predicted octanol–water partition coefficient (Wildman–Crippen LogP) is 3.86. The smallest absolute Gasteiger partial charge is 0.190 e. The van der Waals surface area contributed by atoms with Crippen molar-refractivity contribution >= 4 is 28.9 Å². The van der Waals surface area contributed by atoms with Crippen LogP contribution in [0, 0.1) is 51.2 Å². The van der Waals surface area contributed by atoms with E-state index in [9.17, 15) is 49.5 Å². The number of hydrogen-bond acceptors (Lipinski definition) is 10. The van der Waals surface area contributed by atoms with E-state index in [2.05, 4.69) is 6.92 Å². The Bertz CT molecular complexity index is 1700. The largest absolute Gasteiger partial charge is 0.390 e. The van der Waals surface area contributed by atoms with Crippen LogP contribution in [0.25, 0.3) is 0 Å². The summed E-state index contributed by atoms with van der Waals surface area (Å²) in [5.74, 6) is -1.53. The number of aliphatic hydroxyl groups excluding tert-OH is 3. The Morgan fingerprint density at radius 2 is 1.26 bits per heavy atom. The van der Waals surface area contributed by atoms with Crippen molar-refractivity contribution in [2.45, 2.75) is 141 Å². The highest BCUT2D eigenvalue weighted by Gasteiger charge is 2.74. The van der Waals surface area contributed by atoms with Crippen molar-refractivity contribution in [2.75, 3.05) is 13.2 Å². The van der Waals surface area contributed by atoms with Crippen LogP contribution in [-0.4, -0.2) is 90.6 Å². The van der Waals surface area contributed by atoms with Gasteiger partial charge in [0.05, 0.1) is 6.10 Å². The number of aliphatic hydroxyl groups is 5. The van der Waals surface area contributed by atoms with Gasteiger partial charge in [0.25, 0.3) is 0 Å². The van der Waals surface area contributed by atoms with Gasteiger partial charge in [0.2, 0.25) is 0 Å². The molecule has 6 saturated carbocycles. The molecule has 8 aliphatic carbocycles. The van der Waals surface area contributed by atoms with Gasteiger partial charge in [-0.2, -0.15) is 0 Å². The number of ketones is 5. The number of carbonyl (C=O) groups excluding carboxylic acids is 5. The molecule has 0 unspecified atom stereocenters. The third-order valence-electron chi connectivity index (χ3n) is 17.2. The molecule has 0 aromatic heterocycles. The Morgan fingerprint density at radius 1 is 0.717 bits per heavy atom. The van der Waals surface area contributed by atoms with Gasteiger partial charge in [-0.25, -0.2) is 4.39 Å². The van der Waals surface area contributed by atoms with E-state index in [4.69, 9.17) is 0 Å². The number of allylic oxidation sites excluding steroid dienone is 2. The first-order valence-electron chi connectivity index (χ1n) is 19.8. The number of halogens is 1. The van der Waals surface area contributed by atoms with Crippen LogP contribution in [0.4, 0.5) is 4.39 Å². The Morgan fingerprint density at radius 3 is 1.89 bits per heavy atom. The van der Waals surface area contributed by atoms with E-state index < -0.39 is 69.9 Å². The summed E-state index contributed by atoms with van der Waals surface area (Å²) >= 11 is 0. The van der Waals surface area contributed by atoms with Crippen LogP contribution in [0.1, 0.15) is 118 Å². The van der Waals surface area contributed by atoms with E-state index in [0.717, 1.165) is 24.0 Å². The minimum Gasteiger partial charge on any atom is -0.390 e. The first-order chi connectivity index (χ1) is 24.7. The highest BCUT2D eigenvalue weighted by molar-refractivity contribution is 5.95. The van der Waals surface area contributed by atoms with Gasteiger partial charge in [-0.15, -0.1) is 0 Å². The van der Waals surface area contributed by atoms with Gasteiger partial charge >= 0.3 is 0 Å². The molecule has 8 rings (SSSR count). The van der Waals surface area contributed by atoms with Crippen LogP contribution >= 0.6 is 0 Å². The highest BCUT2D eigenvalue weighted by Crippen LogP contribution is 2.71. The predicted molar refractivity (Wildman–Crippen MR) is 190 cm³/mol. The third kappa shape index (κ3) is 4.95. The second-order valence-electron chi connectivity index (χ2n) is 19.0. The molecular weight excluding hydrogens is 683 g/mol. The second-order valence-corrected chi connectivity index (χ2v) is 19.0. The number of carbonyl (C=O) groups is 5. The molecule has 10 nitrogen and oxygen atoms in total. The minimum absolute atomic E-state index is 0.0171. The Labute approximate surface area is 310 Å². The van der Waals surface area contributed by atoms with Gasteiger partial charge in [-0.05, 0) is 106 Å². The van der Waals surface area contributed by atoms with Gasteiger partial charge in [-0.1, -0.05) is 38.8 Å². The van der Waals surface area contributed by atoms with Crippen molar-refractivity contribution in [3.63, 3.8) is 0 Å². The maximum Gasteiger partial charge on any atom is 0.190 e. The molecule has 5 N–H and O–H groups in total. The van der Waals surface area contributed by atoms with Crippen LogP contribution < -0.4 is 0 Å². The molecule has 8 aliphatic rings. The van der Waals surface area contributed by atoms with Crippen LogP contribution in [0.3, 0.4) is 0 Å². The lowest BCUT2D eigenvalue weighted by Crippen LogP contribution is -2.69. The zero-order valence-electron chi connectivity index (χ0n) is 31.6. The lowest BCUT2D eigenvalue weighted by molar-refractivity contribution is -0.226. The van der Waals surface area contributed by atoms with E-state index >= 15 is 4.39 Å². The molecule has 11 heteroatoms. The maximum atomic E-state index is 16.8. The van der Waals surface area contributed by atoms with E-state index in [1.165, 1.54) is 0 Å². The number of hydrogen-bond donors (Lipinski definition) is 5. The summed E-state index contributed by atoms with van der Waals surface area (Å²) in [5.41, 5.74) is -6.23. The van der Waals surface area contributed by atoms with Gasteiger partial charge in [0, 0.05) is 47.3 Å². The van der Waals surface area contributed by atoms with E-state index in [0.29, 0.717) is 51.4 Å². The molecule has 0 aromatic carbocycles. The van der Waals surface area contributed by atoms with Gasteiger partial charge < -0.3 is 25.5 Å². The number of Topliss-reactive ketones (excluding diaryl/α,β-unsaturated/α-hetero) is 3. The standard InChI is InChI=1S/C21H29FO5.C21H28O5/c1-18-7-5-13(24)9-12(18)3-4-15-14-6-8-20(27,17(26)11-23)19(14,2)10-16(25)21(15,18)22;1-19-7-5-13(23)9-12(19)3-4-14-15-6-8-21(26,17(25)11-22)20(15,2)10-16(24)18(14)19/h9,14-16,23,25,27H,3-8,10-11H2,1-2H3;9,14-15,18,22,26H,3-8,10-11H2,1-2H3/t14-,15-,16-,18-,19-,20-,21-;14-,15-,18+,19-,20-,21-/m00/s1. The number of rotatable bonds is 4. The summed E-state index contributed by atoms with van der Waals surface area (Å²) in [5, 5.41) is 52.0. The lowest BCUT2D eigenvalue weighted by atomic mass is 9.44. The maximum absolute atomic E-state index is 16.8. The van der Waals surface area contributed by atoms with Crippen molar-refractivity contribution < 1.29 is 53.9 Å². The topological polar surface area (TPSA) is 186 Å². The quantitative estimate of drug-likeness (QED) is 0.284. The van der Waals surface area contributed by atoms with Crippen molar-refractivity contribution in [1.29, 1.82) is 0 Å². The number of alkyl halides is 1. The first kappa shape index (κ1) is 38.8. The Balaban J connectivity index is 0.000000164. The van der Waals surface area contributed by atoms with Crippen molar-refractivity contribution in [3.8, 4) is 0 Å². The van der Waals surface area contributed by atoms with Gasteiger partial charge in [-0.3, -0.25) is 24.0 Å². The molecule has 0 amide bonds. The number of fused-ring (bicyclic) bond motifs is 10. The highest BCUT2D eigenvalue weighted by atomic mass is 19.1. The fourth-order valence-electron chi connectivity index (χ4n) is 14.1. The van der Waals surface area contributed by atoms with Crippen molar-refractivity contribution in [2.24, 2.45) is 51.2 Å². The molecule has 0 spiro atoms. The zero-order valence-corrected chi connectivity index (χ0v) is 31.6. The lowest BCUT2D eigenvalue weighted by Gasteiger charge is -2.63. The Hall–Kier alpha value is -2.44. The first-order valence-corrected chi connectivity index (χ1v) is 19.8. The summed E-state index contributed by atoms with van der Waals surface area (Å²) in [7, 11) is 0. The van der Waals surface area contributed by atoms with E-state index in [-0.39, 0.29) is 72.1 Å². The molecule has 0 aromatic rings. The average Bonchev–Trinajstić information content (AvgIpc) is 3.54. The van der Waals surface area contributed by atoms with Gasteiger partial charge in [0.15, 0.2) is 23.1 Å². The zero-order chi connectivity index (χ0) is 38.7. The van der Waals surface area contributed by atoms with Crippen molar-refractivity contribution in [3.05, 3.63) is 23.3 Å². The van der Waals surface area contributed by atoms with Gasteiger partial charge in [0.1, 0.15) is 35.9 Å². The second kappa shape index (κ2) is 12.5. The molecule has 53 heavy (non-hydrogen) atoms. The Kier molecular flexibility index (Phi) is 9.18. The molecule has 0 aliphatic heterocycles. The van der Waals surface area contributed by atoms with Crippen LogP contribution in [0.15, 0.2) is 23.3 Å². The molecule has 6 fully saturated rings. The van der Waals surface area contributed by atoms with Crippen LogP contribution in [0.5, 0.6) is 0 Å². The SMILES string of the molecule is C[C@]12CCC(=O)C=C1CC[C@@H]1[C@@H]2C(=O)C[C@@]2(C)[C@H]1CC[C@]2(O)C(=O)CO.C[C@]12CCC(=O)C=C1CC[C@H]1[C@@H]3CC[C@](O)(C(=O)CO)[C@@]3(C)C[C@H](O)[C@@]12F. The van der Waals surface area contributed by atoms with Crippen molar-refractivity contribution in [1.82, 2.24) is 0 Å². The van der Waals surface area contributed by atoms with Crippen LogP contribution in [0.2, 0.25) is 0 Å². The fraction of sp³-hybridized carbons (Fsp3) is 0.786. The molecule has 13 atom stereocenters. The van der Waals surface area contributed by atoms with E-state index in [1.807, 2.05) is 13.8 Å². The summed E-state index contributed by atoms with van der Waals surface area (Å²) in [6, 6.07) is 0. The fourth-order valence-corrected chi connectivity index (χ4v) is 14.1. The third-order valence-corrected chi connectivity index (χ3v) is 17.2. The van der Waals surface area contributed by atoms with E-state index in [1.54, 1.807) is 19.1 Å². The molecular formula is C42H57FO10. The summed E-state index contributed by atoms with van der Waals surface area (Å²) in [4.78, 5) is 61.7.